The molecule has 0 saturated heterocycles. The van der Waals surface area contributed by atoms with E-state index in [-0.39, 0.29) is 12.5 Å². The molecule has 2 rings (SSSR count). The maximum atomic E-state index is 10.1. The van der Waals surface area contributed by atoms with Crippen LogP contribution in [0.5, 0.6) is 0 Å². The summed E-state index contributed by atoms with van der Waals surface area (Å²) in [5, 5.41) is 23.6. The van der Waals surface area contributed by atoms with Crippen molar-refractivity contribution in [1.29, 1.82) is 0 Å². The van der Waals surface area contributed by atoms with E-state index in [1.54, 1.807) is 0 Å². The Labute approximate surface area is 180 Å². The van der Waals surface area contributed by atoms with Gasteiger partial charge in [0.05, 0.1) is 0 Å². The monoisotopic (exact) mass is 416 g/mol. The number of nitrogens with zero attached hydrogens (tertiary/aromatic N) is 1. The molecule has 0 aliphatic rings. The summed E-state index contributed by atoms with van der Waals surface area (Å²) in [4.78, 5) is 2.00. The predicted octanol–water partition coefficient (Wildman–Crippen LogP) is 5.20. The molecule has 0 radical (unpaired) electrons. The minimum absolute atomic E-state index is 0.387. The van der Waals surface area contributed by atoms with Gasteiger partial charge in [0, 0.05) is 17.1 Å². The van der Waals surface area contributed by atoms with Gasteiger partial charge in [0.1, 0.15) is 12.5 Å². The summed E-state index contributed by atoms with van der Waals surface area (Å²) in [7, 11) is 0. The lowest BCUT2D eigenvalue weighted by molar-refractivity contribution is -0.171. The van der Waals surface area contributed by atoms with Crippen LogP contribution in [0, 0.1) is 0 Å². The van der Waals surface area contributed by atoms with Gasteiger partial charge in [-0.2, -0.15) is 0 Å². The van der Waals surface area contributed by atoms with Crippen molar-refractivity contribution >= 4 is 17.1 Å². The minimum Gasteiger partial charge on any atom is -0.368 e. The van der Waals surface area contributed by atoms with E-state index in [1.165, 1.54) is 0 Å². The molecule has 4 atom stereocenters. The summed E-state index contributed by atoms with van der Waals surface area (Å²) in [5.41, 5.74) is 2.89. The number of aliphatic hydroxyl groups excluding tert-OH is 2. The van der Waals surface area contributed by atoms with Crippen LogP contribution in [0.15, 0.2) is 54.6 Å². The first-order valence-corrected chi connectivity index (χ1v) is 10.9. The third-order valence-corrected chi connectivity index (χ3v) is 4.87. The van der Waals surface area contributed by atoms with E-state index in [0.717, 1.165) is 17.1 Å². The van der Waals surface area contributed by atoms with Gasteiger partial charge in [-0.3, -0.25) is 0 Å². The van der Waals surface area contributed by atoms with Gasteiger partial charge in [-0.25, -0.2) is 0 Å². The Morgan fingerprint density at radius 3 is 1.60 bits per heavy atom. The van der Waals surface area contributed by atoms with Crippen LogP contribution in [0.4, 0.5) is 17.1 Å². The number of aliphatic hydroxyl groups is 2. The van der Waals surface area contributed by atoms with E-state index in [0.29, 0.717) is 25.7 Å². The molecule has 2 aromatic carbocycles. The van der Waals surface area contributed by atoms with Gasteiger partial charge in [-0.15, -0.1) is 0 Å². The third kappa shape index (κ3) is 6.99. The second-order valence-electron chi connectivity index (χ2n) is 7.17. The smallest absolute Gasteiger partial charge is 0.156 e. The molecule has 0 amide bonds. The van der Waals surface area contributed by atoms with Gasteiger partial charge >= 0.3 is 0 Å². The highest BCUT2D eigenvalue weighted by Crippen LogP contribution is 2.28. The zero-order valence-electron chi connectivity index (χ0n) is 18.5. The van der Waals surface area contributed by atoms with Crippen LogP contribution in [0.3, 0.4) is 0 Å². The van der Waals surface area contributed by atoms with Crippen molar-refractivity contribution in [3.63, 3.8) is 0 Å². The van der Waals surface area contributed by atoms with Crippen molar-refractivity contribution in [3.8, 4) is 0 Å². The number of benzene rings is 2. The molecule has 0 saturated carbocycles. The zero-order chi connectivity index (χ0) is 21.9. The van der Waals surface area contributed by atoms with Gasteiger partial charge in [-0.05, 0) is 62.1 Å². The van der Waals surface area contributed by atoms with E-state index >= 15 is 0 Å². The standard InChI is InChI=1S/C24H36N2O4/c1-5-21(29-23(27)7-3)26(22(6-2)30-24(28)8-4)20-16-14-19(15-17-20)25-18-12-10-9-11-13-18/h9-17,21-25,27-28H,5-8H2,1-4H3. The van der Waals surface area contributed by atoms with Crippen molar-refractivity contribution in [3.05, 3.63) is 54.6 Å². The number of para-hydroxylation sites is 1. The minimum atomic E-state index is -0.856. The molecule has 0 heterocycles. The van der Waals surface area contributed by atoms with Gasteiger partial charge in [0.2, 0.25) is 0 Å². The van der Waals surface area contributed by atoms with Gasteiger partial charge in [0.25, 0.3) is 0 Å². The molecule has 6 heteroatoms. The normalized spacial score (nSPS) is 15.3. The first kappa shape index (κ1) is 24.2. The summed E-state index contributed by atoms with van der Waals surface area (Å²) >= 11 is 0. The molecular weight excluding hydrogens is 380 g/mol. The van der Waals surface area contributed by atoms with Crippen molar-refractivity contribution in [2.45, 2.75) is 78.4 Å². The van der Waals surface area contributed by atoms with Crippen LogP contribution in [0.25, 0.3) is 0 Å². The quantitative estimate of drug-likeness (QED) is 0.390. The van der Waals surface area contributed by atoms with Crippen molar-refractivity contribution in [1.82, 2.24) is 0 Å². The molecule has 30 heavy (non-hydrogen) atoms. The first-order chi connectivity index (χ1) is 14.5. The molecule has 0 spiro atoms. The Morgan fingerprint density at radius 2 is 1.17 bits per heavy atom. The van der Waals surface area contributed by atoms with Crippen molar-refractivity contribution < 1.29 is 19.7 Å². The Bertz CT molecular complexity index is 691. The summed E-state index contributed by atoms with van der Waals surface area (Å²) in [6, 6.07) is 18.0. The van der Waals surface area contributed by atoms with Crippen molar-refractivity contribution in [2.24, 2.45) is 0 Å². The van der Waals surface area contributed by atoms with E-state index in [9.17, 15) is 10.2 Å². The highest BCUT2D eigenvalue weighted by Gasteiger charge is 2.29. The van der Waals surface area contributed by atoms with E-state index in [2.05, 4.69) is 5.32 Å². The number of ether oxygens (including phenoxy) is 2. The number of rotatable bonds is 13. The second-order valence-corrected chi connectivity index (χ2v) is 7.17. The average molecular weight is 417 g/mol. The number of nitrogens with one attached hydrogen (secondary N) is 1. The fourth-order valence-electron chi connectivity index (χ4n) is 3.20. The SMILES string of the molecule is CCC(O)OC(CC)N(c1ccc(Nc2ccccc2)cc1)C(CC)OC(O)CC. The lowest BCUT2D eigenvalue weighted by Gasteiger charge is -2.40. The topological polar surface area (TPSA) is 74.2 Å². The molecular formula is C24H36N2O4. The molecule has 4 unspecified atom stereocenters. The van der Waals surface area contributed by atoms with Crippen LogP contribution in [0.2, 0.25) is 0 Å². The maximum absolute atomic E-state index is 10.1. The Kier molecular flexibility index (Phi) is 10.1. The lowest BCUT2D eigenvalue weighted by Crippen LogP contribution is -2.48. The number of anilines is 3. The predicted molar refractivity (Wildman–Crippen MR) is 122 cm³/mol. The van der Waals surface area contributed by atoms with E-state index < -0.39 is 12.6 Å². The molecule has 0 aromatic heterocycles. The molecule has 0 aliphatic carbocycles. The highest BCUT2D eigenvalue weighted by atomic mass is 16.6. The molecule has 2 aromatic rings. The zero-order valence-corrected chi connectivity index (χ0v) is 18.5. The van der Waals surface area contributed by atoms with Crippen molar-refractivity contribution in [2.75, 3.05) is 10.2 Å². The molecule has 0 aliphatic heterocycles. The Balaban J connectivity index is 2.29. The van der Waals surface area contributed by atoms with Crippen LogP contribution in [-0.2, 0) is 9.47 Å². The molecule has 3 N–H and O–H groups in total. The summed E-state index contributed by atoms with van der Waals surface area (Å²) < 4.78 is 11.8. The molecule has 166 valence electrons. The maximum Gasteiger partial charge on any atom is 0.156 e. The van der Waals surface area contributed by atoms with Gasteiger partial charge in [-0.1, -0.05) is 45.9 Å². The highest BCUT2D eigenvalue weighted by molar-refractivity contribution is 5.63. The Hall–Kier alpha value is -2.12. The Morgan fingerprint density at radius 1 is 0.700 bits per heavy atom. The van der Waals surface area contributed by atoms with Crippen LogP contribution < -0.4 is 10.2 Å². The lowest BCUT2D eigenvalue weighted by atomic mass is 10.2. The molecule has 6 nitrogen and oxygen atoms in total. The fourth-order valence-corrected chi connectivity index (χ4v) is 3.20. The number of hydrogen-bond donors (Lipinski definition) is 3. The van der Waals surface area contributed by atoms with Crippen LogP contribution >= 0.6 is 0 Å². The van der Waals surface area contributed by atoms with E-state index in [4.69, 9.17) is 9.47 Å². The van der Waals surface area contributed by atoms with Crippen LogP contribution in [-0.4, -0.2) is 35.2 Å². The summed E-state index contributed by atoms with van der Waals surface area (Å²) in [6.45, 7) is 7.77. The van der Waals surface area contributed by atoms with Gasteiger partial charge < -0.3 is 29.9 Å². The molecule has 0 bridgehead atoms. The molecule has 0 fully saturated rings. The van der Waals surface area contributed by atoms with Gasteiger partial charge in [0.15, 0.2) is 12.6 Å². The van der Waals surface area contributed by atoms with Crippen LogP contribution in [0.1, 0.15) is 53.4 Å². The first-order valence-electron chi connectivity index (χ1n) is 10.9. The average Bonchev–Trinajstić information content (AvgIpc) is 2.79. The summed E-state index contributed by atoms with van der Waals surface area (Å²) in [5.74, 6) is 0. The third-order valence-electron chi connectivity index (χ3n) is 4.87. The van der Waals surface area contributed by atoms with E-state index in [1.807, 2.05) is 87.2 Å². The second kappa shape index (κ2) is 12.5. The fraction of sp³-hybridized carbons (Fsp3) is 0.500. The number of hydrogen-bond acceptors (Lipinski definition) is 6. The summed E-state index contributed by atoms with van der Waals surface area (Å²) in [6.07, 6.45) is -0.176. The largest absolute Gasteiger partial charge is 0.368 e.